The second-order valence-corrected chi connectivity index (χ2v) is 5.76. The molecule has 2 N–H and O–H groups in total. The number of hydrogen-bond acceptors (Lipinski definition) is 3. The largest absolute Gasteiger partial charge is 0.323 e. The first-order valence-corrected chi connectivity index (χ1v) is 7.23. The lowest BCUT2D eigenvalue weighted by Crippen LogP contribution is -2.13. The lowest BCUT2D eigenvalue weighted by molar-refractivity contribution is 0.506. The van der Waals surface area contributed by atoms with Gasteiger partial charge in [-0.05, 0) is 49.2 Å². The number of benzene rings is 1. The molecular weight excluding hydrogens is 278 g/mol. The molecule has 2 aromatic rings. The van der Waals surface area contributed by atoms with Crippen molar-refractivity contribution in [2.75, 3.05) is 5.75 Å². The zero-order chi connectivity index (χ0) is 14.7. The average Bonchev–Trinajstić information content (AvgIpc) is 2.38. The third-order valence-corrected chi connectivity index (χ3v) is 3.89. The van der Waals surface area contributed by atoms with Gasteiger partial charge in [-0.3, -0.25) is 0 Å². The van der Waals surface area contributed by atoms with Gasteiger partial charge in [-0.2, -0.15) is 0 Å². The Morgan fingerprint density at radius 2 is 1.90 bits per heavy atom. The minimum atomic E-state index is -0.868. The summed E-state index contributed by atoms with van der Waals surface area (Å²) in [6, 6.07) is 7.38. The Kier molecular flexibility index (Phi) is 4.73. The van der Waals surface area contributed by atoms with E-state index in [2.05, 4.69) is 4.98 Å². The second kappa shape index (κ2) is 6.33. The van der Waals surface area contributed by atoms with Crippen LogP contribution in [0.3, 0.4) is 0 Å². The number of thioether (sulfide) groups is 1. The molecule has 1 aromatic heterocycles. The molecule has 20 heavy (non-hydrogen) atoms. The lowest BCUT2D eigenvalue weighted by Gasteiger charge is -2.12. The Bertz CT molecular complexity index is 597. The summed E-state index contributed by atoms with van der Waals surface area (Å²) in [5.74, 6) is -1.17. The molecule has 0 aliphatic rings. The minimum absolute atomic E-state index is 0.363. The highest BCUT2D eigenvalue weighted by Crippen LogP contribution is 2.24. The first-order chi connectivity index (χ1) is 9.45. The van der Waals surface area contributed by atoms with Crippen LogP contribution in [0.25, 0.3) is 0 Å². The summed E-state index contributed by atoms with van der Waals surface area (Å²) < 4.78 is 26.0. The third-order valence-electron chi connectivity index (χ3n) is 2.86. The van der Waals surface area contributed by atoms with Gasteiger partial charge >= 0.3 is 0 Å². The minimum Gasteiger partial charge on any atom is -0.323 e. The molecule has 1 heterocycles. The van der Waals surface area contributed by atoms with Gasteiger partial charge in [-0.1, -0.05) is 6.07 Å². The molecule has 0 aliphatic heterocycles. The molecule has 0 saturated carbocycles. The molecule has 1 aromatic carbocycles. The van der Waals surface area contributed by atoms with Crippen molar-refractivity contribution in [1.82, 2.24) is 4.98 Å². The molecule has 106 valence electrons. The van der Waals surface area contributed by atoms with E-state index in [0.29, 0.717) is 11.3 Å². The molecule has 2 rings (SSSR count). The SMILES string of the molecule is Cc1cc(C)nc(SCC(N)c2ccc(F)c(F)c2)c1. The highest BCUT2D eigenvalue weighted by molar-refractivity contribution is 7.99. The van der Waals surface area contributed by atoms with Crippen LogP contribution in [0.15, 0.2) is 35.4 Å². The van der Waals surface area contributed by atoms with Crippen molar-refractivity contribution in [2.24, 2.45) is 5.73 Å². The van der Waals surface area contributed by atoms with E-state index in [-0.39, 0.29) is 6.04 Å². The maximum atomic E-state index is 13.2. The van der Waals surface area contributed by atoms with E-state index in [4.69, 9.17) is 5.73 Å². The molecule has 5 heteroatoms. The van der Waals surface area contributed by atoms with Gasteiger partial charge in [0.05, 0.1) is 5.03 Å². The van der Waals surface area contributed by atoms with Crippen molar-refractivity contribution in [3.8, 4) is 0 Å². The molecule has 0 amide bonds. The molecular formula is C15H16F2N2S. The summed E-state index contributed by atoms with van der Waals surface area (Å²) in [5, 5.41) is 0.889. The quantitative estimate of drug-likeness (QED) is 0.872. The van der Waals surface area contributed by atoms with Gasteiger partial charge in [0, 0.05) is 17.5 Å². The van der Waals surface area contributed by atoms with E-state index in [9.17, 15) is 8.78 Å². The Labute approximate surface area is 121 Å². The zero-order valence-corrected chi connectivity index (χ0v) is 12.2. The number of hydrogen-bond donors (Lipinski definition) is 1. The Morgan fingerprint density at radius 1 is 1.15 bits per heavy atom. The van der Waals surface area contributed by atoms with Crippen molar-refractivity contribution in [3.05, 3.63) is 58.8 Å². The van der Waals surface area contributed by atoms with Crippen LogP contribution >= 0.6 is 11.8 Å². The fourth-order valence-corrected chi connectivity index (χ4v) is 2.91. The van der Waals surface area contributed by atoms with E-state index >= 15 is 0 Å². The fourth-order valence-electron chi connectivity index (χ4n) is 1.89. The molecule has 1 unspecified atom stereocenters. The molecule has 0 bridgehead atoms. The average molecular weight is 294 g/mol. The van der Waals surface area contributed by atoms with Crippen LogP contribution in [0, 0.1) is 25.5 Å². The summed E-state index contributed by atoms with van der Waals surface area (Å²) in [4.78, 5) is 4.40. The van der Waals surface area contributed by atoms with Crippen molar-refractivity contribution < 1.29 is 8.78 Å². The monoisotopic (exact) mass is 294 g/mol. The number of rotatable bonds is 4. The van der Waals surface area contributed by atoms with Gasteiger partial charge in [-0.25, -0.2) is 13.8 Å². The van der Waals surface area contributed by atoms with Crippen LogP contribution in [-0.4, -0.2) is 10.7 Å². The maximum Gasteiger partial charge on any atom is 0.159 e. The smallest absolute Gasteiger partial charge is 0.159 e. The van der Waals surface area contributed by atoms with E-state index in [0.717, 1.165) is 28.4 Å². The van der Waals surface area contributed by atoms with E-state index in [1.165, 1.54) is 17.8 Å². The van der Waals surface area contributed by atoms with Crippen molar-refractivity contribution in [3.63, 3.8) is 0 Å². The zero-order valence-electron chi connectivity index (χ0n) is 11.4. The summed E-state index contributed by atoms with van der Waals surface area (Å²) >= 11 is 1.51. The molecule has 0 aliphatic carbocycles. The third kappa shape index (κ3) is 3.77. The van der Waals surface area contributed by atoms with Crippen LogP contribution in [0.5, 0.6) is 0 Å². The molecule has 0 radical (unpaired) electrons. The molecule has 2 nitrogen and oxygen atoms in total. The van der Waals surface area contributed by atoms with Gasteiger partial charge in [0.15, 0.2) is 11.6 Å². The van der Waals surface area contributed by atoms with Crippen molar-refractivity contribution >= 4 is 11.8 Å². The molecule has 1 atom stereocenters. The van der Waals surface area contributed by atoms with E-state index in [1.54, 1.807) is 0 Å². The van der Waals surface area contributed by atoms with E-state index < -0.39 is 11.6 Å². The number of aryl methyl sites for hydroxylation is 2. The number of halogens is 2. The highest BCUT2D eigenvalue weighted by Gasteiger charge is 2.11. The first-order valence-electron chi connectivity index (χ1n) is 6.24. The summed E-state index contributed by atoms with van der Waals surface area (Å²) in [6.07, 6.45) is 0. The molecule has 0 fully saturated rings. The summed E-state index contributed by atoms with van der Waals surface area (Å²) in [6.45, 7) is 3.94. The van der Waals surface area contributed by atoms with Gasteiger partial charge < -0.3 is 5.73 Å². The van der Waals surface area contributed by atoms with Gasteiger partial charge in [0.2, 0.25) is 0 Å². The van der Waals surface area contributed by atoms with Gasteiger partial charge in [-0.15, -0.1) is 11.8 Å². The van der Waals surface area contributed by atoms with Crippen LogP contribution in [0.1, 0.15) is 22.9 Å². The summed E-state index contributed by atoms with van der Waals surface area (Å²) in [5.41, 5.74) is 8.68. The number of pyridine rings is 1. The fraction of sp³-hybridized carbons (Fsp3) is 0.267. The number of nitrogens with two attached hydrogens (primary N) is 1. The van der Waals surface area contributed by atoms with Gasteiger partial charge in [0.25, 0.3) is 0 Å². The highest BCUT2D eigenvalue weighted by atomic mass is 32.2. The topological polar surface area (TPSA) is 38.9 Å². The first kappa shape index (κ1) is 14.9. The lowest BCUT2D eigenvalue weighted by atomic mass is 10.1. The predicted octanol–water partition coefficient (Wildman–Crippen LogP) is 3.77. The summed E-state index contributed by atoms with van der Waals surface area (Å²) in [7, 11) is 0. The number of aromatic nitrogens is 1. The molecule has 0 spiro atoms. The Balaban J connectivity index is 2.04. The van der Waals surface area contributed by atoms with Crippen molar-refractivity contribution in [2.45, 2.75) is 24.9 Å². The maximum absolute atomic E-state index is 13.2. The standard InChI is InChI=1S/C15H16F2N2S/c1-9-5-10(2)19-15(6-9)20-8-14(18)11-3-4-12(16)13(17)7-11/h3-7,14H,8,18H2,1-2H3. The Morgan fingerprint density at radius 3 is 2.55 bits per heavy atom. The molecule has 0 saturated heterocycles. The van der Waals surface area contributed by atoms with Crippen LogP contribution < -0.4 is 5.73 Å². The van der Waals surface area contributed by atoms with Crippen molar-refractivity contribution in [1.29, 1.82) is 0 Å². The van der Waals surface area contributed by atoms with Crippen LogP contribution in [-0.2, 0) is 0 Å². The second-order valence-electron chi connectivity index (χ2n) is 4.72. The van der Waals surface area contributed by atoms with Gasteiger partial charge in [0.1, 0.15) is 0 Å². The van der Waals surface area contributed by atoms with Crippen LogP contribution in [0.4, 0.5) is 8.78 Å². The Hall–Kier alpha value is -1.46. The van der Waals surface area contributed by atoms with E-state index in [1.807, 2.05) is 26.0 Å². The predicted molar refractivity (Wildman–Crippen MR) is 77.7 cm³/mol. The van der Waals surface area contributed by atoms with Crippen LogP contribution in [0.2, 0.25) is 0 Å². The normalized spacial score (nSPS) is 12.4. The number of nitrogens with zero attached hydrogens (tertiary/aromatic N) is 1.